The van der Waals surface area contributed by atoms with Crippen LogP contribution >= 0.6 is 23.8 Å². The van der Waals surface area contributed by atoms with Crippen molar-refractivity contribution < 1.29 is 5.11 Å². The van der Waals surface area contributed by atoms with E-state index in [9.17, 15) is 5.11 Å². The van der Waals surface area contributed by atoms with Crippen LogP contribution in [0.5, 0.6) is 5.75 Å². The fourth-order valence-electron chi connectivity index (χ4n) is 3.70. The summed E-state index contributed by atoms with van der Waals surface area (Å²) in [7, 11) is 0. The molecule has 4 nitrogen and oxygen atoms in total. The Morgan fingerprint density at radius 1 is 0.875 bits per heavy atom. The van der Waals surface area contributed by atoms with E-state index in [4.69, 9.17) is 23.8 Å². The van der Waals surface area contributed by atoms with Crippen LogP contribution in [0.15, 0.2) is 23.3 Å². The molecule has 0 aliphatic rings. The minimum absolute atomic E-state index is 0.131. The van der Waals surface area contributed by atoms with Crippen molar-refractivity contribution >= 4 is 35.1 Å². The fraction of sp³-hybridized carbons (Fsp3) is 0.692. The lowest BCUT2D eigenvalue weighted by Gasteiger charge is -2.07. The second kappa shape index (κ2) is 20.3. The molecule has 0 radical (unpaired) electrons. The van der Waals surface area contributed by atoms with Gasteiger partial charge in [0.05, 0.1) is 6.21 Å². The van der Waals surface area contributed by atoms with E-state index in [1.165, 1.54) is 109 Å². The molecular weight excluding hydrogens is 438 g/mol. The molecule has 0 aliphatic heterocycles. The third kappa shape index (κ3) is 16.3. The molecule has 0 fully saturated rings. The van der Waals surface area contributed by atoms with Gasteiger partial charge < -0.3 is 10.4 Å². The molecule has 0 saturated carbocycles. The SMILES string of the molecule is CCCCCCCCCCCCCCCCCCNC(=S)N/N=C/c1cc(Cl)ccc1O. The summed E-state index contributed by atoms with van der Waals surface area (Å²) in [6, 6.07) is 4.82. The molecule has 32 heavy (non-hydrogen) atoms. The third-order valence-electron chi connectivity index (χ3n) is 5.68. The standard InChI is InChI=1S/C26H44ClN3OS/c1-2-3-4-5-6-7-8-9-10-11-12-13-14-15-16-17-20-28-26(32)30-29-22-23-21-24(27)18-19-25(23)31/h18-19,21-22,31H,2-17,20H2,1H3,(H2,28,30,32)/b29-22+. The highest BCUT2D eigenvalue weighted by Gasteiger charge is 1.99. The van der Waals surface area contributed by atoms with Gasteiger partial charge in [-0.05, 0) is 36.8 Å². The molecule has 0 bridgehead atoms. The number of nitrogens with one attached hydrogen (secondary N) is 2. The summed E-state index contributed by atoms with van der Waals surface area (Å²) in [4.78, 5) is 0. The summed E-state index contributed by atoms with van der Waals surface area (Å²) < 4.78 is 0. The zero-order valence-electron chi connectivity index (χ0n) is 20.0. The van der Waals surface area contributed by atoms with E-state index in [2.05, 4.69) is 22.8 Å². The molecule has 3 N–H and O–H groups in total. The average Bonchev–Trinajstić information content (AvgIpc) is 2.78. The van der Waals surface area contributed by atoms with E-state index in [1.54, 1.807) is 12.1 Å². The molecule has 0 amide bonds. The maximum absolute atomic E-state index is 9.74. The van der Waals surface area contributed by atoms with E-state index in [0.717, 1.165) is 13.0 Å². The van der Waals surface area contributed by atoms with Gasteiger partial charge in [0.1, 0.15) is 5.75 Å². The second-order valence-electron chi connectivity index (χ2n) is 8.63. The highest BCUT2D eigenvalue weighted by Crippen LogP contribution is 2.19. The van der Waals surface area contributed by atoms with Crippen LogP contribution in [0.4, 0.5) is 0 Å². The van der Waals surface area contributed by atoms with Crippen LogP contribution in [-0.4, -0.2) is 23.0 Å². The third-order valence-corrected chi connectivity index (χ3v) is 6.15. The Hall–Kier alpha value is -1.33. The molecule has 0 spiro atoms. The van der Waals surface area contributed by atoms with Crippen molar-refractivity contribution in [1.82, 2.24) is 10.7 Å². The van der Waals surface area contributed by atoms with Gasteiger partial charge in [0.2, 0.25) is 0 Å². The molecule has 0 atom stereocenters. The number of unbranched alkanes of at least 4 members (excludes halogenated alkanes) is 15. The van der Waals surface area contributed by atoms with E-state index in [-0.39, 0.29) is 5.75 Å². The maximum atomic E-state index is 9.74. The Morgan fingerprint density at radius 2 is 1.38 bits per heavy atom. The number of aromatic hydroxyl groups is 1. The zero-order valence-corrected chi connectivity index (χ0v) is 21.6. The number of phenols is 1. The molecule has 0 aliphatic carbocycles. The quantitative estimate of drug-likeness (QED) is 0.0807. The van der Waals surface area contributed by atoms with E-state index in [0.29, 0.717) is 15.7 Å². The van der Waals surface area contributed by atoms with Crippen LogP contribution in [0.3, 0.4) is 0 Å². The Bertz CT molecular complexity index is 639. The summed E-state index contributed by atoms with van der Waals surface area (Å²) in [6.07, 6.45) is 23.4. The van der Waals surface area contributed by atoms with Gasteiger partial charge in [-0.15, -0.1) is 0 Å². The molecular formula is C26H44ClN3OS. The number of thiocarbonyl (C=S) groups is 1. The number of hydrogen-bond acceptors (Lipinski definition) is 3. The summed E-state index contributed by atoms with van der Waals surface area (Å²) in [5.41, 5.74) is 3.31. The van der Waals surface area contributed by atoms with Gasteiger partial charge in [-0.3, -0.25) is 5.43 Å². The molecule has 1 aromatic carbocycles. The zero-order chi connectivity index (χ0) is 23.3. The second-order valence-corrected chi connectivity index (χ2v) is 9.48. The molecule has 0 heterocycles. The Kier molecular flexibility index (Phi) is 18.2. The highest BCUT2D eigenvalue weighted by molar-refractivity contribution is 7.80. The first kappa shape index (κ1) is 28.7. The Morgan fingerprint density at radius 3 is 1.91 bits per heavy atom. The van der Waals surface area contributed by atoms with Crippen molar-refractivity contribution in [2.75, 3.05) is 6.54 Å². The van der Waals surface area contributed by atoms with Crippen LogP contribution < -0.4 is 10.7 Å². The Labute approximate surface area is 206 Å². The van der Waals surface area contributed by atoms with Crippen molar-refractivity contribution in [3.05, 3.63) is 28.8 Å². The Balaban J connectivity index is 1.85. The van der Waals surface area contributed by atoms with Crippen LogP contribution in [-0.2, 0) is 0 Å². The highest BCUT2D eigenvalue weighted by atomic mass is 35.5. The number of nitrogens with zero attached hydrogens (tertiary/aromatic N) is 1. The first-order valence-corrected chi connectivity index (χ1v) is 13.5. The van der Waals surface area contributed by atoms with E-state index >= 15 is 0 Å². The fourth-order valence-corrected chi connectivity index (χ4v) is 4.04. The number of hydrazone groups is 1. The van der Waals surface area contributed by atoms with Gasteiger partial charge in [0.15, 0.2) is 5.11 Å². The number of phenolic OH excluding ortho intramolecular Hbond substituents is 1. The van der Waals surface area contributed by atoms with Crippen LogP contribution in [0.2, 0.25) is 5.02 Å². The van der Waals surface area contributed by atoms with Crippen LogP contribution in [0.25, 0.3) is 0 Å². The van der Waals surface area contributed by atoms with E-state index in [1.807, 2.05) is 0 Å². The lowest BCUT2D eigenvalue weighted by Crippen LogP contribution is -2.32. The van der Waals surface area contributed by atoms with E-state index < -0.39 is 0 Å². The summed E-state index contributed by atoms with van der Waals surface area (Å²) in [5, 5.41) is 18.0. The molecule has 6 heteroatoms. The monoisotopic (exact) mass is 481 g/mol. The number of hydrogen-bond donors (Lipinski definition) is 3. The number of benzene rings is 1. The van der Waals surface area contributed by atoms with Gasteiger partial charge >= 0.3 is 0 Å². The first-order valence-electron chi connectivity index (χ1n) is 12.7. The van der Waals surface area contributed by atoms with Gasteiger partial charge in [-0.1, -0.05) is 115 Å². The minimum atomic E-state index is 0.131. The van der Waals surface area contributed by atoms with Crippen LogP contribution in [0, 0.1) is 0 Å². The molecule has 1 aromatic rings. The van der Waals surface area contributed by atoms with Crippen molar-refractivity contribution in [1.29, 1.82) is 0 Å². The molecule has 182 valence electrons. The average molecular weight is 482 g/mol. The van der Waals surface area contributed by atoms with Crippen LogP contribution in [0.1, 0.15) is 115 Å². The largest absolute Gasteiger partial charge is 0.507 e. The molecule has 0 aromatic heterocycles. The normalized spacial score (nSPS) is 11.2. The molecule has 1 rings (SSSR count). The van der Waals surface area contributed by atoms with Gasteiger partial charge in [-0.2, -0.15) is 5.10 Å². The summed E-state index contributed by atoms with van der Waals surface area (Å²) >= 11 is 11.1. The topological polar surface area (TPSA) is 56.7 Å². The van der Waals surface area contributed by atoms with Gasteiger partial charge in [0, 0.05) is 17.1 Å². The first-order chi connectivity index (χ1) is 15.6. The van der Waals surface area contributed by atoms with Crippen molar-refractivity contribution in [2.45, 2.75) is 110 Å². The lowest BCUT2D eigenvalue weighted by molar-refractivity contribution is 0.474. The summed E-state index contributed by atoms with van der Waals surface area (Å²) in [5.74, 6) is 0.131. The minimum Gasteiger partial charge on any atom is -0.507 e. The van der Waals surface area contributed by atoms with Gasteiger partial charge in [-0.25, -0.2) is 0 Å². The predicted octanol–water partition coefficient (Wildman–Crippen LogP) is 8.11. The van der Waals surface area contributed by atoms with Crippen molar-refractivity contribution in [3.8, 4) is 5.75 Å². The maximum Gasteiger partial charge on any atom is 0.186 e. The van der Waals surface area contributed by atoms with Crippen molar-refractivity contribution in [3.63, 3.8) is 0 Å². The lowest BCUT2D eigenvalue weighted by atomic mass is 10.0. The predicted molar refractivity (Wildman–Crippen MR) is 144 cm³/mol. The van der Waals surface area contributed by atoms with Gasteiger partial charge in [0.25, 0.3) is 0 Å². The smallest absolute Gasteiger partial charge is 0.186 e. The number of rotatable bonds is 19. The molecule has 0 unspecified atom stereocenters. The summed E-state index contributed by atoms with van der Waals surface area (Å²) in [6.45, 7) is 3.13. The van der Waals surface area contributed by atoms with Crippen molar-refractivity contribution in [2.24, 2.45) is 5.10 Å². The molecule has 0 saturated heterocycles. The number of halogens is 1.